The summed E-state index contributed by atoms with van der Waals surface area (Å²) in [6, 6.07) is 7.16. The van der Waals surface area contributed by atoms with E-state index in [4.69, 9.17) is 5.73 Å². The van der Waals surface area contributed by atoms with Gasteiger partial charge in [-0.25, -0.2) is 9.59 Å². The number of benzene rings is 1. The Hall–Kier alpha value is -2.64. The lowest BCUT2D eigenvalue weighted by Gasteiger charge is -2.19. The highest BCUT2D eigenvalue weighted by atomic mass is 32.1. The van der Waals surface area contributed by atoms with Crippen LogP contribution in [0.15, 0.2) is 24.3 Å². The van der Waals surface area contributed by atoms with E-state index in [1.807, 2.05) is 19.1 Å². The topological polar surface area (TPSA) is 101 Å². The molecule has 0 saturated heterocycles. The molecule has 0 spiro atoms. The molecule has 7 heteroatoms. The number of rotatable bonds is 4. The van der Waals surface area contributed by atoms with E-state index in [-0.39, 0.29) is 11.1 Å². The van der Waals surface area contributed by atoms with E-state index in [9.17, 15) is 19.8 Å². The first kappa shape index (κ1) is 18.2. The van der Waals surface area contributed by atoms with Crippen LogP contribution in [0.1, 0.15) is 36.7 Å². The third-order valence-electron chi connectivity index (χ3n) is 4.29. The average Bonchev–Trinajstić information content (AvgIpc) is 3.16. The van der Waals surface area contributed by atoms with Crippen molar-refractivity contribution in [3.8, 4) is 20.9 Å². The SMILES string of the molecule is Cc1ccc(-c2c(C)c(C(=O)O)c(-c3ccc(N)s3)c(C)c2C(=O)O)s1. The zero-order valence-corrected chi connectivity index (χ0v) is 16.0. The maximum absolute atomic E-state index is 12.1. The van der Waals surface area contributed by atoms with Gasteiger partial charge in [0.15, 0.2) is 0 Å². The zero-order valence-electron chi connectivity index (χ0n) is 14.4. The lowest BCUT2D eigenvalue weighted by Crippen LogP contribution is -2.12. The fourth-order valence-corrected chi connectivity index (χ4v) is 5.07. The van der Waals surface area contributed by atoms with E-state index < -0.39 is 11.9 Å². The Balaban J connectivity index is 2.49. The summed E-state index contributed by atoms with van der Waals surface area (Å²) in [4.78, 5) is 26.6. The van der Waals surface area contributed by atoms with Crippen molar-refractivity contribution in [3.63, 3.8) is 0 Å². The van der Waals surface area contributed by atoms with Gasteiger partial charge in [-0.05, 0) is 56.2 Å². The predicted molar refractivity (Wildman–Crippen MR) is 106 cm³/mol. The van der Waals surface area contributed by atoms with E-state index in [2.05, 4.69) is 0 Å². The van der Waals surface area contributed by atoms with Crippen LogP contribution in [0.4, 0.5) is 5.00 Å². The summed E-state index contributed by atoms with van der Waals surface area (Å²) < 4.78 is 0. The minimum atomic E-state index is -1.08. The summed E-state index contributed by atoms with van der Waals surface area (Å²) in [6.45, 7) is 5.25. The Bertz CT molecular complexity index is 962. The fourth-order valence-electron chi connectivity index (χ4n) is 3.21. The van der Waals surface area contributed by atoms with Gasteiger partial charge in [0.2, 0.25) is 0 Å². The van der Waals surface area contributed by atoms with Gasteiger partial charge in [-0.15, -0.1) is 22.7 Å². The molecule has 0 bridgehead atoms. The smallest absolute Gasteiger partial charge is 0.336 e. The highest BCUT2D eigenvalue weighted by Crippen LogP contribution is 2.43. The average molecular weight is 387 g/mol. The largest absolute Gasteiger partial charge is 0.478 e. The molecule has 2 aromatic heterocycles. The van der Waals surface area contributed by atoms with Crippen LogP contribution >= 0.6 is 22.7 Å². The summed E-state index contributed by atoms with van der Waals surface area (Å²) in [7, 11) is 0. The van der Waals surface area contributed by atoms with Gasteiger partial charge in [0.1, 0.15) is 0 Å². The second-order valence-electron chi connectivity index (χ2n) is 5.97. The number of nitrogen functional groups attached to an aromatic ring is 1. The quantitative estimate of drug-likeness (QED) is 0.582. The zero-order chi connectivity index (χ0) is 19.2. The van der Waals surface area contributed by atoms with Gasteiger partial charge in [-0.1, -0.05) is 0 Å². The van der Waals surface area contributed by atoms with E-state index in [1.54, 1.807) is 26.0 Å². The molecule has 0 unspecified atom stereocenters. The standard InChI is InChI=1S/C19H17NO4S2/c1-8-4-5-11(25-8)14-9(2)17(19(23)24)15(10(3)16(14)18(21)22)12-6-7-13(20)26-12/h4-7H,20H2,1-3H3,(H,21,22)(H,23,24). The minimum Gasteiger partial charge on any atom is -0.478 e. The van der Waals surface area contributed by atoms with E-state index in [0.717, 1.165) is 9.75 Å². The van der Waals surface area contributed by atoms with Crippen molar-refractivity contribution in [1.29, 1.82) is 0 Å². The number of aryl methyl sites for hydroxylation is 1. The summed E-state index contributed by atoms with van der Waals surface area (Å²) >= 11 is 2.69. The van der Waals surface area contributed by atoms with Crippen molar-refractivity contribution in [2.24, 2.45) is 0 Å². The van der Waals surface area contributed by atoms with Crippen LogP contribution in [0.25, 0.3) is 20.9 Å². The number of thiophene rings is 2. The molecule has 0 aliphatic carbocycles. The van der Waals surface area contributed by atoms with Gasteiger partial charge in [-0.3, -0.25) is 0 Å². The second kappa shape index (κ2) is 6.59. The van der Waals surface area contributed by atoms with Crippen LogP contribution in [-0.2, 0) is 0 Å². The van der Waals surface area contributed by atoms with Gasteiger partial charge in [0, 0.05) is 25.8 Å². The molecule has 0 radical (unpaired) electrons. The molecule has 134 valence electrons. The molecule has 3 rings (SSSR count). The maximum atomic E-state index is 12.1. The first-order valence-corrected chi connectivity index (χ1v) is 9.41. The molecule has 0 aliphatic heterocycles. The molecule has 2 heterocycles. The van der Waals surface area contributed by atoms with Crippen LogP contribution in [0, 0.1) is 20.8 Å². The lowest BCUT2D eigenvalue weighted by atomic mass is 9.86. The van der Waals surface area contributed by atoms with Crippen molar-refractivity contribution in [1.82, 2.24) is 0 Å². The molecule has 1 aromatic carbocycles. The van der Waals surface area contributed by atoms with Crippen LogP contribution < -0.4 is 5.73 Å². The van der Waals surface area contributed by atoms with Crippen molar-refractivity contribution >= 4 is 39.6 Å². The molecule has 0 aliphatic rings. The molecule has 5 nitrogen and oxygen atoms in total. The molecule has 0 atom stereocenters. The summed E-state index contributed by atoms with van der Waals surface area (Å²) in [5, 5.41) is 20.3. The Morgan fingerprint density at radius 3 is 1.62 bits per heavy atom. The van der Waals surface area contributed by atoms with E-state index in [1.165, 1.54) is 22.7 Å². The predicted octanol–water partition coefficient (Wildman–Crippen LogP) is 5.05. The molecule has 26 heavy (non-hydrogen) atoms. The molecule has 0 fully saturated rings. The maximum Gasteiger partial charge on any atom is 0.336 e. The van der Waals surface area contributed by atoms with Gasteiger partial charge in [0.25, 0.3) is 0 Å². The van der Waals surface area contributed by atoms with E-state index >= 15 is 0 Å². The van der Waals surface area contributed by atoms with Crippen molar-refractivity contribution in [3.05, 3.63) is 51.4 Å². The number of carbonyl (C=O) groups is 2. The Morgan fingerprint density at radius 2 is 1.27 bits per heavy atom. The summed E-state index contributed by atoms with van der Waals surface area (Å²) in [6.07, 6.45) is 0. The first-order valence-electron chi connectivity index (χ1n) is 7.78. The third-order valence-corrected chi connectivity index (χ3v) is 6.24. The number of carboxylic acids is 2. The Labute approximate surface area is 158 Å². The number of carboxylic acid groups (broad SMARTS) is 2. The van der Waals surface area contributed by atoms with Crippen LogP contribution in [-0.4, -0.2) is 22.2 Å². The van der Waals surface area contributed by atoms with Crippen molar-refractivity contribution in [2.75, 3.05) is 5.73 Å². The second-order valence-corrected chi connectivity index (χ2v) is 8.38. The monoisotopic (exact) mass is 387 g/mol. The molecular formula is C19H17NO4S2. The molecule has 0 saturated carbocycles. The van der Waals surface area contributed by atoms with Gasteiger partial charge in [0.05, 0.1) is 16.1 Å². The number of hydrogen-bond acceptors (Lipinski definition) is 5. The highest BCUT2D eigenvalue weighted by Gasteiger charge is 2.29. The van der Waals surface area contributed by atoms with Crippen LogP contribution in [0.3, 0.4) is 0 Å². The minimum absolute atomic E-state index is 0.121. The summed E-state index contributed by atoms with van der Waals surface area (Å²) in [5.74, 6) is -2.16. The van der Waals surface area contributed by atoms with Gasteiger partial charge in [-0.2, -0.15) is 0 Å². The molecular weight excluding hydrogens is 370 g/mol. The van der Waals surface area contributed by atoms with E-state index in [0.29, 0.717) is 32.1 Å². The highest BCUT2D eigenvalue weighted by molar-refractivity contribution is 7.19. The number of hydrogen-bond donors (Lipinski definition) is 3. The van der Waals surface area contributed by atoms with Gasteiger partial charge < -0.3 is 15.9 Å². The van der Waals surface area contributed by atoms with Gasteiger partial charge >= 0.3 is 11.9 Å². The number of anilines is 1. The fraction of sp³-hybridized carbons (Fsp3) is 0.158. The van der Waals surface area contributed by atoms with Crippen molar-refractivity contribution in [2.45, 2.75) is 20.8 Å². The molecule has 3 aromatic rings. The number of aromatic carboxylic acids is 2. The van der Waals surface area contributed by atoms with Crippen LogP contribution in [0.2, 0.25) is 0 Å². The Morgan fingerprint density at radius 1 is 0.808 bits per heavy atom. The number of nitrogens with two attached hydrogens (primary N) is 1. The van der Waals surface area contributed by atoms with Crippen molar-refractivity contribution < 1.29 is 19.8 Å². The normalized spacial score (nSPS) is 10.9. The molecule has 4 N–H and O–H groups in total. The lowest BCUT2D eigenvalue weighted by molar-refractivity contribution is 0.0681. The first-order chi connectivity index (χ1) is 12.2. The Kier molecular flexibility index (Phi) is 4.60. The third kappa shape index (κ3) is 2.89. The van der Waals surface area contributed by atoms with Crippen LogP contribution in [0.5, 0.6) is 0 Å². The molecule has 0 amide bonds. The summed E-state index contributed by atoms with van der Waals surface area (Å²) in [5.41, 5.74) is 7.84.